The summed E-state index contributed by atoms with van der Waals surface area (Å²) in [6.07, 6.45) is 5.02. The summed E-state index contributed by atoms with van der Waals surface area (Å²) >= 11 is 0. The molecule has 2 aliphatic rings. The van der Waals surface area contributed by atoms with Crippen molar-refractivity contribution in [3.63, 3.8) is 0 Å². The molecule has 2 heterocycles. The van der Waals surface area contributed by atoms with Crippen molar-refractivity contribution in [2.45, 2.75) is 69.1 Å². The van der Waals surface area contributed by atoms with Crippen LogP contribution in [0.4, 0.5) is 5.69 Å². The number of rotatable bonds is 7. The molecule has 1 unspecified atom stereocenters. The van der Waals surface area contributed by atoms with Crippen LogP contribution < -0.4 is 0 Å². The van der Waals surface area contributed by atoms with Crippen LogP contribution in [0.3, 0.4) is 0 Å². The van der Waals surface area contributed by atoms with Crippen molar-refractivity contribution in [3.05, 3.63) is 23.3 Å². The van der Waals surface area contributed by atoms with E-state index < -0.39 is 21.5 Å². The van der Waals surface area contributed by atoms with Crippen LogP contribution in [0.15, 0.2) is 17.0 Å². The van der Waals surface area contributed by atoms with Crippen LogP contribution in [0.5, 0.6) is 0 Å². The lowest BCUT2D eigenvalue weighted by Gasteiger charge is -2.24. The number of nitrogens with zero attached hydrogens (tertiary/aromatic N) is 1. The molecule has 2 N–H and O–H groups in total. The van der Waals surface area contributed by atoms with E-state index in [1.54, 1.807) is 0 Å². The van der Waals surface area contributed by atoms with Gasteiger partial charge in [-0.05, 0) is 32.3 Å². The molecule has 0 bridgehead atoms. The maximum Gasteiger partial charge on any atom is 0.303 e. The highest BCUT2D eigenvalue weighted by atomic mass is 32.2. The van der Waals surface area contributed by atoms with Crippen LogP contribution in [0, 0.1) is 0 Å². The molecule has 0 spiro atoms. The lowest BCUT2D eigenvalue weighted by atomic mass is 9.75. The van der Waals surface area contributed by atoms with Gasteiger partial charge in [-0.3, -0.25) is 9.35 Å². The molecule has 3 rings (SSSR count). The second-order valence-corrected chi connectivity index (χ2v) is 8.94. The van der Waals surface area contributed by atoms with Crippen LogP contribution in [-0.2, 0) is 26.7 Å². The molecule has 142 valence electrons. The molecule has 7 heteroatoms. The summed E-state index contributed by atoms with van der Waals surface area (Å²) in [5.74, 6) is -0.791. The second kappa shape index (κ2) is 6.78. The van der Waals surface area contributed by atoms with Gasteiger partial charge in [0.15, 0.2) is 5.71 Å². The van der Waals surface area contributed by atoms with Crippen LogP contribution >= 0.6 is 0 Å². The number of aryl methyl sites for hydroxylation is 1. The van der Waals surface area contributed by atoms with E-state index in [-0.39, 0.29) is 11.3 Å². The van der Waals surface area contributed by atoms with Crippen molar-refractivity contribution >= 4 is 27.5 Å². The molecule has 0 saturated carbocycles. The third-order valence-electron chi connectivity index (χ3n) is 5.92. The zero-order chi connectivity index (χ0) is 19.1. The predicted molar refractivity (Wildman–Crippen MR) is 98.1 cm³/mol. The van der Waals surface area contributed by atoms with Gasteiger partial charge in [0.25, 0.3) is 10.1 Å². The Labute approximate surface area is 154 Å². The number of benzene rings is 1. The van der Waals surface area contributed by atoms with Crippen LogP contribution in [0.1, 0.15) is 63.5 Å². The van der Waals surface area contributed by atoms with E-state index in [1.807, 2.05) is 19.9 Å². The van der Waals surface area contributed by atoms with Gasteiger partial charge < -0.3 is 5.11 Å². The molecule has 26 heavy (non-hydrogen) atoms. The minimum Gasteiger partial charge on any atom is -0.481 e. The van der Waals surface area contributed by atoms with Gasteiger partial charge in [0.2, 0.25) is 5.69 Å². The monoisotopic (exact) mass is 380 g/mol. The standard InChI is InChI=1S/C19H25NO5S/c1-13-19(2,11-5-3-4-8-16(21)22)17-15(26(23,24)25)10-9-14-7-6-12-20(13)18(14)17/h9-10H,3-8,11-12H2,1-2H3,(H-,21,22,23,24,25)/p+1. The quantitative estimate of drug-likeness (QED) is 0.430. The van der Waals surface area contributed by atoms with E-state index in [0.29, 0.717) is 12.0 Å². The van der Waals surface area contributed by atoms with Gasteiger partial charge in [-0.1, -0.05) is 18.9 Å². The fourth-order valence-corrected chi connectivity index (χ4v) is 5.29. The van der Waals surface area contributed by atoms with Crippen LogP contribution in [0.2, 0.25) is 0 Å². The summed E-state index contributed by atoms with van der Waals surface area (Å²) in [6, 6.07) is 3.36. The highest BCUT2D eigenvalue weighted by Gasteiger charge is 2.51. The maximum absolute atomic E-state index is 12.0. The number of hydrogen-bond donors (Lipinski definition) is 2. The summed E-state index contributed by atoms with van der Waals surface area (Å²) < 4.78 is 36.0. The molecule has 6 nitrogen and oxygen atoms in total. The van der Waals surface area contributed by atoms with Crippen molar-refractivity contribution in [2.75, 3.05) is 6.54 Å². The molecule has 0 radical (unpaired) electrons. The molecule has 1 aromatic carbocycles. The van der Waals surface area contributed by atoms with Gasteiger partial charge in [0.05, 0.1) is 11.0 Å². The van der Waals surface area contributed by atoms with Gasteiger partial charge in [0.1, 0.15) is 11.4 Å². The molecular formula is C19H26NO5S+. The first-order valence-electron chi connectivity index (χ1n) is 9.13. The normalized spacial score (nSPS) is 21.8. The Balaban J connectivity index is 1.99. The van der Waals surface area contributed by atoms with Gasteiger partial charge in [0, 0.05) is 25.3 Å². The van der Waals surface area contributed by atoms with E-state index in [4.69, 9.17) is 5.11 Å². The molecule has 0 saturated heterocycles. The summed E-state index contributed by atoms with van der Waals surface area (Å²) in [5.41, 5.74) is 3.45. The van der Waals surface area contributed by atoms with Gasteiger partial charge in [-0.25, -0.2) is 0 Å². The summed E-state index contributed by atoms with van der Waals surface area (Å²) in [4.78, 5) is 10.7. The van der Waals surface area contributed by atoms with Crippen LogP contribution in [-0.4, -0.2) is 40.9 Å². The minimum absolute atomic E-state index is 0.00744. The van der Waals surface area contributed by atoms with Gasteiger partial charge in [-0.15, -0.1) is 0 Å². The molecule has 2 aliphatic heterocycles. The number of hydrogen-bond acceptors (Lipinski definition) is 3. The van der Waals surface area contributed by atoms with E-state index in [2.05, 4.69) is 4.58 Å². The topological polar surface area (TPSA) is 94.7 Å². The fourth-order valence-electron chi connectivity index (χ4n) is 4.47. The van der Waals surface area contributed by atoms with E-state index >= 15 is 0 Å². The molecule has 0 amide bonds. The van der Waals surface area contributed by atoms with Crippen molar-refractivity contribution < 1.29 is 27.4 Å². The average molecular weight is 380 g/mol. The summed E-state index contributed by atoms with van der Waals surface area (Å²) in [5, 5.41) is 8.77. The van der Waals surface area contributed by atoms with E-state index in [1.165, 1.54) is 6.07 Å². The smallest absolute Gasteiger partial charge is 0.303 e. The van der Waals surface area contributed by atoms with Crippen molar-refractivity contribution in [3.8, 4) is 0 Å². The van der Waals surface area contributed by atoms with Gasteiger partial charge >= 0.3 is 5.97 Å². The lowest BCUT2D eigenvalue weighted by molar-refractivity contribution is -0.444. The fraction of sp³-hybridized carbons (Fsp3) is 0.579. The molecular weight excluding hydrogens is 354 g/mol. The van der Waals surface area contributed by atoms with Crippen molar-refractivity contribution in [1.29, 1.82) is 0 Å². The zero-order valence-corrected chi connectivity index (χ0v) is 16.1. The minimum atomic E-state index is -4.31. The Morgan fingerprint density at radius 1 is 1.27 bits per heavy atom. The first-order chi connectivity index (χ1) is 12.2. The maximum atomic E-state index is 12.0. The molecule has 1 atom stereocenters. The Kier molecular flexibility index (Phi) is 4.96. The summed E-state index contributed by atoms with van der Waals surface area (Å²) in [6.45, 7) is 4.94. The SMILES string of the molecule is CC1=[N+]2CCCc3ccc(S(=O)(=O)O)c(c32)C1(C)CCCCCC(=O)O. The second-order valence-electron chi connectivity index (χ2n) is 7.55. The number of aliphatic carboxylic acids is 1. The van der Waals surface area contributed by atoms with Crippen molar-refractivity contribution in [1.82, 2.24) is 0 Å². The first-order valence-corrected chi connectivity index (χ1v) is 10.6. The number of unbranched alkanes of at least 4 members (excludes halogenated alkanes) is 2. The largest absolute Gasteiger partial charge is 0.481 e. The third-order valence-corrected chi connectivity index (χ3v) is 6.82. The Morgan fingerprint density at radius 2 is 2.00 bits per heavy atom. The Hall–Kier alpha value is -1.73. The first kappa shape index (κ1) is 19.0. The Morgan fingerprint density at radius 3 is 2.65 bits per heavy atom. The third kappa shape index (κ3) is 3.18. The highest BCUT2D eigenvalue weighted by molar-refractivity contribution is 7.85. The Bertz CT molecular complexity index is 887. The average Bonchev–Trinajstić information content (AvgIpc) is 2.78. The van der Waals surface area contributed by atoms with Crippen LogP contribution in [0.25, 0.3) is 0 Å². The predicted octanol–water partition coefficient (Wildman–Crippen LogP) is 3.29. The van der Waals surface area contributed by atoms with E-state index in [9.17, 15) is 17.8 Å². The lowest BCUT2D eigenvalue weighted by Crippen LogP contribution is -2.31. The van der Waals surface area contributed by atoms with Crippen molar-refractivity contribution in [2.24, 2.45) is 0 Å². The van der Waals surface area contributed by atoms with E-state index in [0.717, 1.165) is 55.6 Å². The molecule has 1 aromatic rings. The summed E-state index contributed by atoms with van der Waals surface area (Å²) in [7, 11) is -4.31. The van der Waals surface area contributed by atoms with Gasteiger partial charge in [-0.2, -0.15) is 13.0 Å². The zero-order valence-electron chi connectivity index (χ0n) is 15.3. The highest BCUT2D eigenvalue weighted by Crippen LogP contribution is 2.49. The molecule has 0 aliphatic carbocycles. The molecule has 0 fully saturated rings. The number of carboxylic acids is 1. The number of carbonyl (C=O) groups is 1. The molecule has 0 aromatic heterocycles. The number of carboxylic acid groups (broad SMARTS) is 1.